The molecule has 2 aromatic rings. The van der Waals surface area contributed by atoms with Crippen molar-refractivity contribution in [1.29, 1.82) is 0 Å². The Balaban J connectivity index is 2.25. The predicted octanol–water partition coefficient (Wildman–Crippen LogP) is 0.444. The molecule has 1 atom stereocenters. The number of aliphatic hydroxyl groups is 1. The van der Waals surface area contributed by atoms with E-state index in [1.807, 2.05) is 12.1 Å². The lowest BCUT2D eigenvalue weighted by Gasteiger charge is -2.14. The molecular weight excluding hydrogens is 220 g/mol. The molecule has 90 valence electrons. The quantitative estimate of drug-likeness (QED) is 0.781. The summed E-state index contributed by atoms with van der Waals surface area (Å²) in [6.45, 7) is 2.26. The third-order valence-electron chi connectivity index (χ3n) is 2.30. The van der Waals surface area contributed by atoms with Crippen LogP contribution in [0.5, 0.6) is 0 Å². The Morgan fingerprint density at radius 3 is 2.76 bits per heavy atom. The molecule has 0 aromatic carbocycles. The first kappa shape index (κ1) is 11.7. The van der Waals surface area contributed by atoms with Gasteiger partial charge in [-0.3, -0.25) is 4.98 Å². The van der Waals surface area contributed by atoms with Crippen LogP contribution in [0.1, 0.15) is 23.3 Å². The van der Waals surface area contributed by atoms with Crippen molar-refractivity contribution < 1.29 is 9.63 Å². The first-order chi connectivity index (χ1) is 8.31. The van der Waals surface area contributed by atoms with Crippen LogP contribution >= 0.6 is 0 Å². The molecule has 0 amide bonds. The third-order valence-corrected chi connectivity index (χ3v) is 2.30. The Kier molecular flexibility index (Phi) is 3.79. The van der Waals surface area contributed by atoms with E-state index in [1.54, 1.807) is 19.3 Å². The van der Waals surface area contributed by atoms with Crippen LogP contribution in [0, 0.1) is 6.92 Å². The summed E-state index contributed by atoms with van der Waals surface area (Å²) in [6, 6.07) is 3.56. The van der Waals surface area contributed by atoms with Gasteiger partial charge in [-0.2, -0.15) is 4.98 Å². The molecule has 2 aromatic heterocycles. The van der Waals surface area contributed by atoms with Crippen molar-refractivity contribution in [2.24, 2.45) is 0 Å². The van der Waals surface area contributed by atoms with Gasteiger partial charge >= 0.3 is 0 Å². The highest BCUT2D eigenvalue weighted by molar-refractivity contribution is 5.21. The second kappa shape index (κ2) is 5.51. The Morgan fingerprint density at radius 1 is 1.41 bits per heavy atom. The lowest BCUT2D eigenvalue weighted by Crippen LogP contribution is -2.26. The van der Waals surface area contributed by atoms with E-state index in [1.165, 1.54) is 0 Å². The van der Waals surface area contributed by atoms with E-state index >= 15 is 0 Å². The maximum absolute atomic E-state index is 8.88. The summed E-state index contributed by atoms with van der Waals surface area (Å²) in [5.41, 5.74) is 0.981. The third kappa shape index (κ3) is 2.86. The van der Waals surface area contributed by atoms with Gasteiger partial charge in [-0.1, -0.05) is 5.16 Å². The van der Waals surface area contributed by atoms with Crippen molar-refractivity contribution in [3.8, 4) is 0 Å². The van der Waals surface area contributed by atoms with E-state index in [4.69, 9.17) is 9.63 Å². The maximum Gasteiger partial charge on any atom is 0.223 e. The van der Waals surface area contributed by atoms with Crippen LogP contribution < -0.4 is 5.32 Å². The zero-order chi connectivity index (χ0) is 12.1. The second-order valence-corrected chi connectivity index (χ2v) is 3.56. The van der Waals surface area contributed by atoms with Crippen LogP contribution in [0.3, 0.4) is 0 Å². The molecule has 2 N–H and O–H groups in total. The Hall–Kier alpha value is -1.79. The summed E-state index contributed by atoms with van der Waals surface area (Å²) in [4.78, 5) is 8.16. The SMILES string of the molecule is Cc1nc([C@@H](NCCO)c2ccncc2)no1. The molecule has 0 saturated carbocycles. The lowest BCUT2D eigenvalue weighted by molar-refractivity contribution is 0.286. The molecule has 0 bridgehead atoms. The largest absolute Gasteiger partial charge is 0.395 e. The minimum atomic E-state index is -0.192. The number of nitrogens with one attached hydrogen (secondary N) is 1. The first-order valence-corrected chi connectivity index (χ1v) is 5.35. The van der Waals surface area contributed by atoms with Gasteiger partial charge in [0.25, 0.3) is 0 Å². The fraction of sp³-hybridized carbons (Fsp3) is 0.364. The molecule has 2 heterocycles. The highest BCUT2D eigenvalue weighted by atomic mass is 16.5. The van der Waals surface area contributed by atoms with E-state index in [0.717, 1.165) is 5.56 Å². The second-order valence-electron chi connectivity index (χ2n) is 3.56. The summed E-state index contributed by atoms with van der Waals surface area (Å²) in [6.07, 6.45) is 3.41. The maximum atomic E-state index is 8.88. The van der Waals surface area contributed by atoms with Crippen molar-refractivity contribution in [1.82, 2.24) is 20.4 Å². The van der Waals surface area contributed by atoms with Crippen molar-refractivity contribution >= 4 is 0 Å². The molecule has 6 heteroatoms. The number of rotatable bonds is 5. The van der Waals surface area contributed by atoms with Gasteiger partial charge in [0.1, 0.15) is 0 Å². The highest BCUT2D eigenvalue weighted by Gasteiger charge is 2.18. The zero-order valence-corrected chi connectivity index (χ0v) is 9.50. The molecule has 0 spiro atoms. The highest BCUT2D eigenvalue weighted by Crippen LogP contribution is 2.18. The summed E-state index contributed by atoms with van der Waals surface area (Å²) in [5.74, 6) is 1.08. The molecule has 6 nitrogen and oxygen atoms in total. The van der Waals surface area contributed by atoms with Crippen LogP contribution in [0.15, 0.2) is 29.0 Å². The number of hydrogen-bond acceptors (Lipinski definition) is 6. The normalized spacial score (nSPS) is 12.6. The van der Waals surface area contributed by atoms with E-state index in [2.05, 4.69) is 20.4 Å². The van der Waals surface area contributed by atoms with Crippen molar-refractivity contribution in [3.05, 3.63) is 41.8 Å². The van der Waals surface area contributed by atoms with E-state index in [-0.39, 0.29) is 12.6 Å². The van der Waals surface area contributed by atoms with Crippen molar-refractivity contribution in [2.45, 2.75) is 13.0 Å². The topological polar surface area (TPSA) is 84.1 Å². The molecule has 0 saturated heterocycles. The standard InChI is InChI=1S/C11H14N4O2/c1-8-14-11(15-17-8)10(13-6-7-16)9-2-4-12-5-3-9/h2-5,10,13,16H,6-7H2,1H3/t10-/m0/s1. The minimum Gasteiger partial charge on any atom is -0.395 e. The van der Waals surface area contributed by atoms with Gasteiger partial charge in [0, 0.05) is 25.9 Å². The van der Waals surface area contributed by atoms with Crippen LogP contribution in [-0.4, -0.2) is 33.4 Å². The average Bonchev–Trinajstić information content (AvgIpc) is 2.78. The Labute approximate surface area is 98.7 Å². The van der Waals surface area contributed by atoms with Gasteiger partial charge in [0.2, 0.25) is 5.89 Å². The summed E-state index contributed by atoms with van der Waals surface area (Å²) in [5, 5.41) is 15.9. The van der Waals surface area contributed by atoms with Gasteiger partial charge in [-0.15, -0.1) is 0 Å². The van der Waals surface area contributed by atoms with Gasteiger partial charge < -0.3 is 14.9 Å². The van der Waals surface area contributed by atoms with Crippen molar-refractivity contribution in [2.75, 3.05) is 13.2 Å². The summed E-state index contributed by atoms with van der Waals surface area (Å²) in [7, 11) is 0. The van der Waals surface area contributed by atoms with E-state index < -0.39 is 0 Å². The minimum absolute atomic E-state index is 0.0540. The molecule has 0 radical (unpaired) electrons. The number of aromatic nitrogens is 3. The van der Waals surface area contributed by atoms with Gasteiger partial charge in [0.05, 0.1) is 12.6 Å². The number of hydrogen-bond donors (Lipinski definition) is 2. The molecule has 17 heavy (non-hydrogen) atoms. The molecule has 0 fully saturated rings. The van der Waals surface area contributed by atoms with Gasteiger partial charge in [0.15, 0.2) is 5.82 Å². The average molecular weight is 234 g/mol. The molecule has 0 aliphatic rings. The van der Waals surface area contributed by atoms with E-state index in [9.17, 15) is 0 Å². The molecular formula is C11H14N4O2. The van der Waals surface area contributed by atoms with Gasteiger partial charge in [-0.05, 0) is 17.7 Å². The van der Waals surface area contributed by atoms with Crippen molar-refractivity contribution in [3.63, 3.8) is 0 Å². The number of nitrogens with zero attached hydrogens (tertiary/aromatic N) is 3. The first-order valence-electron chi connectivity index (χ1n) is 5.35. The molecule has 0 aliphatic carbocycles. The monoisotopic (exact) mass is 234 g/mol. The fourth-order valence-corrected chi connectivity index (χ4v) is 1.56. The van der Waals surface area contributed by atoms with Crippen LogP contribution in [-0.2, 0) is 0 Å². The van der Waals surface area contributed by atoms with Crippen LogP contribution in [0.4, 0.5) is 0 Å². The lowest BCUT2D eigenvalue weighted by atomic mass is 10.1. The van der Waals surface area contributed by atoms with Crippen LogP contribution in [0.25, 0.3) is 0 Å². The number of aryl methyl sites for hydroxylation is 1. The fourth-order valence-electron chi connectivity index (χ4n) is 1.56. The summed E-state index contributed by atoms with van der Waals surface area (Å²) >= 11 is 0. The Bertz CT molecular complexity index is 458. The zero-order valence-electron chi connectivity index (χ0n) is 9.50. The van der Waals surface area contributed by atoms with E-state index in [0.29, 0.717) is 18.3 Å². The predicted molar refractivity (Wildman–Crippen MR) is 60.2 cm³/mol. The molecule has 2 rings (SSSR count). The molecule has 0 aliphatic heterocycles. The van der Waals surface area contributed by atoms with Gasteiger partial charge in [-0.25, -0.2) is 0 Å². The Morgan fingerprint density at radius 2 is 2.18 bits per heavy atom. The number of aliphatic hydroxyl groups excluding tert-OH is 1. The summed E-state index contributed by atoms with van der Waals surface area (Å²) < 4.78 is 4.97. The molecule has 0 unspecified atom stereocenters. The number of pyridine rings is 1. The van der Waals surface area contributed by atoms with Crippen LogP contribution in [0.2, 0.25) is 0 Å². The smallest absolute Gasteiger partial charge is 0.223 e.